The van der Waals surface area contributed by atoms with E-state index in [-0.39, 0.29) is 11.6 Å². The van der Waals surface area contributed by atoms with Crippen molar-refractivity contribution in [3.63, 3.8) is 0 Å². The number of carbonyl (C=O) groups excluding carboxylic acids is 2. The molecule has 4 nitrogen and oxygen atoms in total. The van der Waals surface area contributed by atoms with Crippen LogP contribution >= 0.6 is 0 Å². The molecule has 148 valence electrons. The van der Waals surface area contributed by atoms with Gasteiger partial charge in [-0.05, 0) is 43.5 Å². The van der Waals surface area contributed by atoms with E-state index in [9.17, 15) is 22.8 Å². The fourth-order valence-corrected chi connectivity index (χ4v) is 3.40. The predicted octanol–water partition coefficient (Wildman–Crippen LogP) is 4.50. The van der Waals surface area contributed by atoms with Crippen molar-refractivity contribution in [2.24, 2.45) is 5.92 Å². The summed E-state index contributed by atoms with van der Waals surface area (Å²) in [4.78, 5) is 26.8. The Labute approximate surface area is 161 Å². The number of carbonyl (C=O) groups is 2. The zero-order valence-corrected chi connectivity index (χ0v) is 15.4. The van der Waals surface area contributed by atoms with E-state index in [2.05, 4.69) is 5.32 Å². The van der Waals surface area contributed by atoms with Gasteiger partial charge in [0.2, 0.25) is 5.91 Å². The Morgan fingerprint density at radius 1 is 1.00 bits per heavy atom. The average Bonchev–Trinajstić information content (AvgIpc) is 2.67. The lowest BCUT2D eigenvalue weighted by Gasteiger charge is -2.32. The van der Waals surface area contributed by atoms with Gasteiger partial charge in [-0.1, -0.05) is 30.3 Å². The third kappa shape index (κ3) is 4.35. The first-order chi connectivity index (χ1) is 13.3. The van der Waals surface area contributed by atoms with Crippen LogP contribution in [0.15, 0.2) is 48.5 Å². The smallest absolute Gasteiger partial charge is 0.339 e. The molecule has 7 heteroatoms. The molecule has 3 rings (SSSR count). The Bertz CT molecular complexity index is 872. The van der Waals surface area contributed by atoms with E-state index in [0.29, 0.717) is 31.5 Å². The maximum absolute atomic E-state index is 13.1. The number of hydrogen-bond donors (Lipinski definition) is 1. The molecule has 0 aromatic heterocycles. The second-order valence-corrected chi connectivity index (χ2v) is 6.91. The quantitative estimate of drug-likeness (QED) is 0.839. The predicted molar refractivity (Wildman–Crippen MR) is 99.9 cm³/mol. The highest BCUT2D eigenvalue weighted by Crippen LogP contribution is 2.35. The lowest BCUT2D eigenvalue weighted by Crippen LogP contribution is -2.41. The van der Waals surface area contributed by atoms with E-state index >= 15 is 0 Å². The van der Waals surface area contributed by atoms with Crippen molar-refractivity contribution in [1.82, 2.24) is 4.90 Å². The van der Waals surface area contributed by atoms with Crippen molar-refractivity contribution in [3.8, 4) is 0 Å². The Kier molecular flexibility index (Phi) is 5.72. The van der Waals surface area contributed by atoms with E-state index in [1.807, 2.05) is 19.1 Å². The average molecular weight is 390 g/mol. The summed E-state index contributed by atoms with van der Waals surface area (Å²) >= 11 is 0. The van der Waals surface area contributed by atoms with Gasteiger partial charge in [0.05, 0.1) is 11.3 Å². The number of aryl methyl sites for hydroxylation is 1. The fourth-order valence-electron chi connectivity index (χ4n) is 3.40. The molecule has 1 saturated heterocycles. The zero-order valence-electron chi connectivity index (χ0n) is 15.4. The molecule has 1 fully saturated rings. The molecule has 2 aromatic rings. The maximum atomic E-state index is 13.1. The number of nitrogens with zero attached hydrogens (tertiary/aromatic N) is 1. The highest BCUT2D eigenvalue weighted by atomic mass is 19.4. The van der Waals surface area contributed by atoms with Crippen LogP contribution in [0.4, 0.5) is 18.9 Å². The normalized spacial score (nSPS) is 15.4. The summed E-state index contributed by atoms with van der Waals surface area (Å²) in [5.74, 6) is -0.957. The molecule has 1 N–H and O–H groups in total. The third-order valence-corrected chi connectivity index (χ3v) is 5.02. The number of nitrogens with one attached hydrogen (secondary N) is 1. The third-order valence-electron chi connectivity index (χ3n) is 5.02. The number of rotatable bonds is 3. The summed E-state index contributed by atoms with van der Waals surface area (Å²) in [7, 11) is 0. The molecule has 2 amide bonds. The molecule has 28 heavy (non-hydrogen) atoms. The van der Waals surface area contributed by atoms with Gasteiger partial charge in [0, 0.05) is 24.6 Å². The van der Waals surface area contributed by atoms with Crippen molar-refractivity contribution >= 4 is 17.5 Å². The van der Waals surface area contributed by atoms with Gasteiger partial charge in [-0.25, -0.2) is 0 Å². The van der Waals surface area contributed by atoms with E-state index in [1.165, 1.54) is 18.2 Å². The number of likely N-dealkylation sites (tertiary alicyclic amines) is 1. The summed E-state index contributed by atoms with van der Waals surface area (Å²) in [6.07, 6.45) is -3.71. The minimum atomic E-state index is -4.53. The SMILES string of the molecule is Cc1ccccc1C(=O)N1CCC(C(=O)Nc2ccccc2C(F)(F)F)CC1. The largest absolute Gasteiger partial charge is 0.418 e. The monoisotopic (exact) mass is 390 g/mol. The van der Waals surface area contributed by atoms with Crippen LogP contribution in [-0.2, 0) is 11.0 Å². The summed E-state index contributed by atoms with van der Waals surface area (Å²) in [6.45, 7) is 2.66. The maximum Gasteiger partial charge on any atom is 0.418 e. The van der Waals surface area contributed by atoms with Gasteiger partial charge < -0.3 is 10.2 Å². The summed E-state index contributed by atoms with van der Waals surface area (Å²) in [5, 5.41) is 2.41. The van der Waals surface area contributed by atoms with Gasteiger partial charge in [-0.2, -0.15) is 13.2 Å². The van der Waals surface area contributed by atoms with E-state index in [4.69, 9.17) is 0 Å². The van der Waals surface area contributed by atoms with Gasteiger partial charge in [0.25, 0.3) is 5.91 Å². The highest BCUT2D eigenvalue weighted by molar-refractivity contribution is 5.96. The number of halogens is 3. The molecule has 0 spiro atoms. The minimum Gasteiger partial charge on any atom is -0.339 e. The van der Waals surface area contributed by atoms with Crippen molar-refractivity contribution in [2.45, 2.75) is 25.9 Å². The number of alkyl halides is 3. The van der Waals surface area contributed by atoms with Crippen LogP contribution in [0.3, 0.4) is 0 Å². The Morgan fingerprint density at radius 3 is 2.25 bits per heavy atom. The highest BCUT2D eigenvalue weighted by Gasteiger charge is 2.34. The van der Waals surface area contributed by atoms with Gasteiger partial charge in [0.1, 0.15) is 0 Å². The molecule has 1 aliphatic heterocycles. The number of anilines is 1. The topological polar surface area (TPSA) is 49.4 Å². The number of benzene rings is 2. The molecule has 0 bridgehead atoms. The molecule has 0 radical (unpaired) electrons. The molecule has 0 saturated carbocycles. The van der Waals surface area contributed by atoms with E-state index in [1.54, 1.807) is 17.0 Å². The van der Waals surface area contributed by atoms with Crippen LogP contribution in [0.5, 0.6) is 0 Å². The first-order valence-electron chi connectivity index (χ1n) is 9.09. The van der Waals surface area contributed by atoms with Crippen LogP contribution in [-0.4, -0.2) is 29.8 Å². The molecular formula is C21H21F3N2O2. The molecule has 1 aliphatic rings. The molecule has 0 unspecified atom stereocenters. The first-order valence-corrected chi connectivity index (χ1v) is 9.09. The second-order valence-electron chi connectivity index (χ2n) is 6.91. The second kappa shape index (κ2) is 8.04. The minimum absolute atomic E-state index is 0.0839. The molecule has 0 aliphatic carbocycles. The van der Waals surface area contributed by atoms with Crippen molar-refractivity contribution in [2.75, 3.05) is 18.4 Å². The van der Waals surface area contributed by atoms with Crippen molar-refractivity contribution < 1.29 is 22.8 Å². The first kappa shape index (κ1) is 19.9. The van der Waals surface area contributed by atoms with Crippen LogP contribution < -0.4 is 5.32 Å². The molecule has 2 aromatic carbocycles. The number of para-hydroxylation sites is 1. The molecule has 0 atom stereocenters. The summed E-state index contributed by atoms with van der Waals surface area (Å²) < 4.78 is 39.2. The Morgan fingerprint density at radius 2 is 1.61 bits per heavy atom. The van der Waals surface area contributed by atoms with Gasteiger partial charge in [0.15, 0.2) is 0 Å². The lowest BCUT2D eigenvalue weighted by atomic mass is 9.94. The standard InChI is InChI=1S/C21H21F3N2O2/c1-14-6-2-3-7-16(14)20(28)26-12-10-15(11-13-26)19(27)25-18-9-5-4-8-17(18)21(22,23)24/h2-9,15H,10-13H2,1H3,(H,25,27). The van der Waals surface area contributed by atoms with Crippen molar-refractivity contribution in [3.05, 3.63) is 65.2 Å². The van der Waals surface area contributed by atoms with Gasteiger partial charge in [-0.15, -0.1) is 0 Å². The van der Waals surface area contributed by atoms with Gasteiger partial charge in [-0.3, -0.25) is 9.59 Å². The van der Waals surface area contributed by atoms with E-state index in [0.717, 1.165) is 11.6 Å². The number of piperidine rings is 1. The molecule has 1 heterocycles. The Balaban J connectivity index is 1.62. The van der Waals surface area contributed by atoms with Crippen molar-refractivity contribution in [1.29, 1.82) is 0 Å². The van der Waals surface area contributed by atoms with Crippen LogP contribution in [0.2, 0.25) is 0 Å². The van der Waals surface area contributed by atoms with Crippen LogP contribution in [0.1, 0.15) is 34.3 Å². The number of amides is 2. The zero-order chi connectivity index (χ0) is 20.3. The summed E-state index contributed by atoms with van der Waals surface area (Å²) in [5.41, 5.74) is 0.412. The summed E-state index contributed by atoms with van der Waals surface area (Å²) in [6, 6.07) is 12.2. The van der Waals surface area contributed by atoms with E-state index < -0.39 is 23.6 Å². The van der Waals surface area contributed by atoms with Crippen LogP contribution in [0.25, 0.3) is 0 Å². The van der Waals surface area contributed by atoms with Gasteiger partial charge >= 0.3 is 6.18 Å². The number of hydrogen-bond acceptors (Lipinski definition) is 2. The Hall–Kier alpha value is -2.83. The lowest BCUT2D eigenvalue weighted by molar-refractivity contribution is -0.137. The fraction of sp³-hybridized carbons (Fsp3) is 0.333. The molecular weight excluding hydrogens is 369 g/mol. The van der Waals surface area contributed by atoms with Crippen LogP contribution in [0, 0.1) is 12.8 Å².